The fourth-order valence-corrected chi connectivity index (χ4v) is 3.28. The molecule has 1 fully saturated rings. The van der Waals surface area contributed by atoms with Crippen LogP contribution in [-0.2, 0) is 5.54 Å². The summed E-state index contributed by atoms with van der Waals surface area (Å²) in [6, 6.07) is 3.26. The molecule has 0 unspecified atom stereocenters. The number of thioether (sulfide) groups is 1. The van der Waals surface area contributed by atoms with Crippen molar-refractivity contribution in [2.24, 2.45) is 0 Å². The zero-order chi connectivity index (χ0) is 18.6. The molecule has 0 N–H and O–H groups in total. The lowest BCUT2D eigenvalue weighted by molar-refractivity contribution is 0.334. The minimum Gasteiger partial charge on any atom is -0.268 e. The Hall–Kier alpha value is -2.42. The van der Waals surface area contributed by atoms with Gasteiger partial charge in [0.15, 0.2) is 16.6 Å². The molecule has 136 valence electrons. The average molecular weight is 372 g/mol. The fourth-order valence-electron chi connectivity index (χ4n) is 2.95. The summed E-state index contributed by atoms with van der Waals surface area (Å²) >= 11 is 1.41. The Balaban J connectivity index is 2.06. The molecule has 4 rings (SSSR count). The van der Waals surface area contributed by atoms with E-state index in [0.717, 1.165) is 12.8 Å². The van der Waals surface area contributed by atoms with Crippen LogP contribution in [0.3, 0.4) is 0 Å². The Morgan fingerprint density at radius 3 is 2.54 bits per heavy atom. The normalized spacial score (nSPS) is 14.9. The molecule has 3 aromatic rings. The van der Waals surface area contributed by atoms with Crippen molar-refractivity contribution in [2.75, 3.05) is 6.26 Å². The molecule has 0 amide bonds. The first-order valence-corrected chi connectivity index (χ1v) is 9.69. The van der Waals surface area contributed by atoms with E-state index in [-0.39, 0.29) is 17.2 Å². The molecule has 1 aliphatic rings. The first kappa shape index (κ1) is 17.0. The van der Waals surface area contributed by atoms with Gasteiger partial charge in [-0.2, -0.15) is 0 Å². The maximum absolute atomic E-state index is 12.9. The third-order valence-electron chi connectivity index (χ3n) is 4.32. The van der Waals surface area contributed by atoms with Crippen molar-refractivity contribution >= 4 is 22.8 Å². The summed E-state index contributed by atoms with van der Waals surface area (Å²) in [7, 11) is 0. The molecule has 26 heavy (non-hydrogen) atoms. The zero-order valence-electron chi connectivity index (χ0n) is 15.1. The summed E-state index contributed by atoms with van der Waals surface area (Å²) in [5.41, 5.74) is -0.254. The Morgan fingerprint density at radius 1 is 1.19 bits per heavy atom. The van der Waals surface area contributed by atoms with Gasteiger partial charge in [0, 0.05) is 12.3 Å². The molecule has 0 bridgehead atoms. The van der Waals surface area contributed by atoms with Gasteiger partial charge in [-0.1, -0.05) is 11.8 Å². The lowest BCUT2D eigenvalue weighted by Gasteiger charge is -2.21. The SMILES string of the molecule is CSc1ncc2c(=O)n(C3CC3)n(-c3ccc(=O)n(C(C)(C)C)n3)c2n1. The highest BCUT2D eigenvalue weighted by Gasteiger charge is 2.31. The molecule has 8 nitrogen and oxygen atoms in total. The minimum atomic E-state index is -0.472. The molecule has 3 aromatic heterocycles. The molecule has 0 aliphatic heterocycles. The number of fused-ring (bicyclic) bond motifs is 1. The predicted molar refractivity (Wildman–Crippen MR) is 100 cm³/mol. The van der Waals surface area contributed by atoms with E-state index in [4.69, 9.17) is 0 Å². The lowest BCUT2D eigenvalue weighted by atomic mass is 10.1. The fraction of sp³-hybridized carbons (Fsp3) is 0.471. The van der Waals surface area contributed by atoms with E-state index in [0.29, 0.717) is 22.0 Å². The third-order valence-corrected chi connectivity index (χ3v) is 4.88. The molecule has 1 saturated carbocycles. The van der Waals surface area contributed by atoms with Crippen LogP contribution >= 0.6 is 11.8 Å². The first-order chi connectivity index (χ1) is 12.3. The molecule has 0 aromatic carbocycles. The molecule has 0 spiro atoms. The van der Waals surface area contributed by atoms with E-state index >= 15 is 0 Å². The van der Waals surface area contributed by atoms with Crippen LogP contribution in [0.25, 0.3) is 16.9 Å². The highest BCUT2D eigenvalue weighted by atomic mass is 32.2. The topological polar surface area (TPSA) is 87.6 Å². The van der Waals surface area contributed by atoms with Gasteiger partial charge in [-0.15, -0.1) is 5.10 Å². The molecular formula is C17H20N6O2S. The number of hydrogen-bond donors (Lipinski definition) is 0. The average Bonchev–Trinajstić information content (AvgIpc) is 3.39. The van der Waals surface area contributed by atoms with Gasteiger partial charge in [0.25, 0.3) is 11.1 Å². The Morgan fingerprint density at radius 2 is 1.92 bits per heavy atom. The van der Waals surface area contributed by atoms with Crippen molar-refractivity contribution in [3.05, 3.63) is 39.0 Å². The summed E-state index contributed by atoms with van der Waals surface area (Å²) in [5, 5.41) is 5.59. The van der Waals surface area contributed by atoms with E-state index < -0.39 is 5.54 Å². The summed E-state index contributed by atoms with van der Waals surface area (Å²) in [4.78, 5) is 33.9. The van der Waals surface area contributed by atoms with Crippen molar-refractivity contribution in [1.29, 1.82) is 0 Å². The largest absolute Gasteiger partial charge is 0.278 e. The van der Waals surface area contributed by atoms with E-state index in [2.05, 4.69) is 15.1 Å². The maximum Gasteiger partial charge on any atom is 0.278 e. The van der Waals surface area contributed by atoms with E-state index in [1.54, 1.807) is 21.6 Å². The third kappa shape index (κ3) is 2.66. The summed E-state index contributed by atoms with van der Waals surface area (Å²) < 4.78 is 4.87. The number of nitrogens with zero attached hydrogens (tertiary/aromatic N) is 6. The van der Waals surface area contributed by atoms with Gasteiger partial charge in [0.2, 0.25) is 0 Å². The van der Waals surface area contributed by atoms with Crippen molar-refractivity contribution < 1.29 is 0 Å². The van der Waals surface area contributed by atoms with Gasteiger partial charge in [0.1, 0.15) is 5.39 Å². The molecule has 9 heteroatoms. The monoisotopic (exact) mass is 372 g/mol. The molecule has 0 radical (unpaired) electrons. The van der Waals surface area contributed by atoms with Gasteiger partial charge < -0.3 is 0 Å². The van der Waals surface area contributed by atoms with Crippen LogP contribution < -0.4 is 11.1 Å². The van der Waals surface area contributed by atoms with Crippen LogP contribution in [0.15, 0.2) is 33.1 Å². The van der Waals surface area contributed by atoms with Gasteiger partial charge >= 0.3 is 0 Å². The van der Waals surface area contributed by atoms with Crippen molar-refractivity contribution in [3.8, 4) is 5.82 Å². The Labute approximate surface area is 153 Å². The van der Waals surface area contributed by atoms with Gasteiger partial charge in [0.05, 0.1) is 11.6 Å². The van der Waals surface area contributed by atoms with Crippen LogP contribution in [0.1, 0.15) is 39.7 Å². The second kappa shape index (κ2) is 5.80. The number of hydrogen-bond acceptors (Lipinski definition) is 6. The van der Waals surface area contributed by atoms with E-state index in [1.165, 1.54) is 22.5 Å². The van der Waals surface area contributed by atoms with Crippen LogP contribution in [0.2, 0.25) is 0 Å². The molecular weight excluding hydrogens is 352 g/mol. The lowest BCUT2D eigenvalue weighted by Crippen LogP contribution is -2.36. The Kier molecular flexibility index (Phi) is 3.80. The van der Waals surface area contributed by atoms with Gasteiger partial charge in [-0.25, -0.2) is 24.0 Å². The van der Waals surface area contributed by atoms with E-state index in [1.807, 2.05) is 27.0 Å². The van der Waals surface area contributed by atoms with E-state index in [9.17, 15) is 9.59 Å². The molecule has 3 heterocycles. The Bertz CT molecular complexity index is 1120. The summed E-state index contributed by atoms with van der Waals surface area (Å²) in [5.74, 6) is 0.504. The number of aromatic nitrogens is 6. The molecule has 1 aliphatic carbocycles. The van der Waals surface area contributed by atoms with Crippen molar-refractivity contribution in [3.63, 3.8) is 0 Å². The highest BCUT2D eigenvalue weighted by molar-refractivity contribution is 7.98. The quantitative estimate of drug-likeness (QED) is 0.516. The second-order valence-electron chi connectivity index (χ2n) is 7.40. The summed E-state index contributed by atoms with van der Waals surface area (Å²) in [6.45, 7) is 5.75. The predicted octanol–water partition coefficient (Wildman–Crippen LogP) is 1.95. The van der Waals surface area contributed by atoms with Crippen molar-refractivity contribution in [1.82, 2.24) is 29.1 Å². The number of rotatable bonds is 3. The van der Waals surface area contributed by atoms with Crippen molar-refractivity contribution in [2.45, 2.75) is 50.4 Å². The zero-order valence-corrected chi connectivity index (χ0v) is 15.9. The highest BCUT2D eigenvalue weighted by Crippen LogP contribution is 2.35. The van der Waals surface area contributed by atoms with Crippen LogP contribution in [0.5, 0.6) is 0 Å². The molecule has 0 saturated heterocycles. The molecule has 0 atom stereocenters. The smallest absolute Gasteiger partial charge is 0.268 e. The van der Waals surface area contributed by atoms with Gasteiger partial charge in [-0.3, -0.25) is 9.59 Å². The minimum absolute atomic E-state index is 0.120. The second-order valence-corrected chi connectivity index (χ2v) is 8.17. The van der Waals surface area contributed by atoms with Crippen LogP contribution in [0.4, 0.5) is 0 Å². The van der Waals surface area contributed by atoms with Crippen LogP contribution in [-0.4, -0.2) is 35.4 Å². The first-order valence-electron chi connectivity index (χ1n) is 8.47. The standard InChI is InChI=1S/C17H20N6O2S/c1-17(2,3)23-13(24)8-7-12(20-23)22-14-11(9-18-16(19-14)26-4)15(25)21(22)10-5-6-10/h7-10H,5-6H2,1-4H3. The summed E-state index contributed by atoms with van der Waals surface area (Å²) in [6.07, 6.45) is 5.35. The van der Waals surface area contributed by atoms with Crippen LogP contribution in [0, 0.1) is 0 Å². The maximum atomic E-state index is 12.9. The van der Waals surface area contributed by atoms with Gasteiger partial charge in [-0.05, 0) is 45.9 Å².